The molecule has 0 aliphatic carbocycles. The van der Waals surface area contributed by atoms with Gasteiger partial charge in [0.05, 0.1) is 6.10 Å². The summed E-state index contributed by atoms with van der Waals surface area (Å²) >= 11 is 0. The number of nitrogens with zero attached hydrogens (tertiary/aromatic N) is 1. The van der Waals surface area contributed by atoms with Gasteiger partial charge in [0.15, 0.2) is 0 Å². The molecule has 0 heterocycles. The fourth-order valence-corrected chi connectivity index (χ4v) is 2.14. The number of benzene rings is 1. The number of likely N-dealkylation sites (N-methyl/N-ethyl adjacent to an activating group) is 1. The van der Waals surface area contributed by atoms with Gasteiger partial charge in [-0.05, 0) is 38.1 Å². The van der Waals surface area contributed by atoms with Crippen LogP contribution in [-0.2, 0) is 6.42 Å². The standard InChI is InChI=1S/C16H28N2O/c1-5-13-7-9-14(10-8-13)16(19)15(6-2)17-11-12-18(3)4/h7-10,15-17,19H,5-6,11-12H2,1-4H3. The summed E-state index contributed by atoms with van der Waals surface area (Å²) in [7, 11) is 4.12. The van der Waals surface area contributed by atoms with Crippen molar-refractivity contribution in [1.82, 2.24) is 10.2 Å². The van der Waals surface area contributed by atoms with Gasteiger partial charge >= 0.3 is 0 Å². The minimum atomic E-state index is -0.432. The lowest BCUT2D eigenvalue weighted by atomic mass is 9.98. The highest BCUT2D eigenvalue weighted by Crippen LogP contribution is 2.19. The van der Waals surface area contributed by atoms with Crippen LogP contribution in [0.2, 0.25) is 0 Å². The van der Waals surface area contributed by atoms with Crippen LogP contribution in [0.3, 0.4) is 0 Å². The van der Waals surface area contributed by atoms with Crippen molar-refractivity contribution >= 4 is 0 Å². The molecule has 19 heavy (non-hydrogen) atoms. The van der Waals surface area contributed by atoms with Crippen molar-refractivity contribution in [2.75, 3.05) is 27.2 Å². The number of hydrogen-bond donors (Lipinski definition) is 2. The van der Waals surface area contributed by atoms with E-state index in [9.17, 15) is 5.11 Å². The lowest BCUT2D eigenvalue weighted by Crippen LogP contribution is -2.38. The first kappa shape index (κ1) is 16.2. The molecule has 0 spiro atoms. The normalized spacial score (nSPS) is 14.6. The third-order valence-electron chi connectivity index (χ3n) is 3.52. The van der Waals surface area contributed by atoms with Gasteiger partial charge < -0.3 is 15.3 Å². The predicted octanol–water partition coefficient (Wildman–Crippen LogP) is 2.21. The van der Waals surface area contributed by atoms with Gasteiger partial charge in [0, 0.05) is 19.1 Å². The second kappa shape index (κ2) is 8.31. The molecule has 0 fully saturated rings. The summed E-state index contributed by atoms with van der Waals surface area (Å²) in [5, 5.41) is 13.9. The lowest BCUT2D eigenvalue weighted by molar-refractivity contribution is 0.125. The molecule has 0 aromatic heterocycles. The van der Waals surface area contributed by atoms with Crippen LogP contribution in [0, 0.1) is 0 Å². The maximum atomic E-state index is 10.4. The average Bonchev–Trinajstić information content (AvgIpc) is 2.43. The SMILES string of the molecule is CCc1ccc(C(O)C(CC)NCCN(C)C)cc1. The molecule has 0 radical (unpaired) electrons. The average molecular weight is 264 g/mol. The summed E-state index contributed by atoms with van der Waals surface area (Å²) in [6.07, 6.45) is 1.52. The zero-order chi connectivity index (χ0) is 14.3. The topological polar surface area (TPSA) is 35.5 Å². The first-order valence-corrected chi connectivity index (χ1v) is 7.23. The van der Waals surface area contributed by atoms with Gasteiger partial charge in [-0.3, -0.25) is 0 Å². The number of aliphatic hydroxyl groups is 1. The monoisotopic (exact) mass is 264 g/mol. The molecule has 0 bridgehead atoms. The van der Waals surface area contributed by atoms with Crippen molar-refractivity contribution in [2.24, 2.45) is 0 Å². The largest absolute Gasteiger partial charge is 0.387 e. The number of nitrogens with one attached hydrogen (secondary N) is 1. The highest BCUT2D eigenvalue weighted by molar-refractivity contribution is 5.25. The Balaban J connectivity index is 2.58. The summed E-state index contributed by atoms with van der Waals surface area (Å²) in [6, 6.07) is 8.41. The van der Waals surface area contributed by atoms with Crippen LogP contribution < -0.4 is 5.32 Å². The van der Waals surface area contributed by atoms with E-state index in [0.717, 1.165) is 31.5 Å². The highest BCUT2D eigenvalue weighted by Gasteiger charge is 2.18. The second-order valence-corrected chi connectivity index (χ2v) is 5.31. The predicted molar refractivity (Wildman–Crippen MR) is 81.4 cm³/mol. The van der Waals surface area contributed by atoms with Crippen LogP contribution in [0.4, 0.5) is 0 Å². The first-order valence-electron chi connectivity index (χ1n) is 7.23. The summed E-state index contributed by atoms with van der Waals surface area (Å²) < 4.78 is 0. The van der Waals surface area contributed by atoms with Crippen LogP contribution in [0.1, 0.15) is 37.5 Å². The zero-order valence-corrected chi connectivity index (χ0v) is 12.7. The molecular weight excluding hydrogens is 236 g/mol. The summed E-state index contributed by atoms with van der Waals surface area (Å²) in [5.41, 5.74) is 2.31. The van der Waals surface area contributed by atoms with Crippen LogP contribution in [0.5, 0.6) is 0 Å². The smallest absolute Gasteiger partial charge is 0.0942 e. The lowest BCUT2D eigenvalue weighted by Gasteiger charge is -2.24. The van der Waals surface area contributed by atoms with Gasteiger partial charge in [0.25, 0.3) is 0 Å². The Kier molecular flexibility index (Phi) is 7.06. The summed E-state index contributed by atoms with van der Waals surface area (Å²) in [6.45, 7) is 6.13. The number of aryl methyl sites for hydroxylation is 1. The van der Waals surface area contributed by atoms with E-state index in [-0.39, 0.29) is 6.04 Å². The molecule has 1 aromatic carbocycles. The molecule has 0 amide bonds. The Bertz CT molecular complexity index is 348. The molecule has 108 valence electrons. The molecular formula is C16H28N2O. The van der Waals surface area contributed by atoms with Crippen LogP contribution in [0.25, 0.3) is 0 Å². The van der Waals surface area contributed by atoms with Crippen molar-refractivity contribution in [2.45, 2.75) is 38.8 Å². The Morgan fingerprint density at radius 2 is 1.79 bits per heavy atom. The fourth-order valence-electron chi connectivity index (χ4n) is 2.14. The molecule has 0 saturated heterocycles. The number of rotatable bonds is 8. The maximum Gasteiger partial charge on any atom is 0.0942 e. The van der Waals surface area contributed by atoms with Crippen LogP contribution in [-0.4, -0.2) is 43.2 Å². The van der Waals surface area contributed by atoms with Gasteiger partial charge in [-0.25, -0.2) is 0 Å². The van der Waals surface area contributed by atoms with Crippen molar-refractivity contribution in [3.05, 3.63) is 35.4 Å². The van der Waals surface area contributed by atoms with E-state index >= 15 is 0 Å². The summed E-state index contributed by atoms with van der Waals surface area (Å²) in [5.74, 6) is 0. The quantitative estimate of drug-likeness (QED) is 0.755. The van der Waals surface area contributed by atoms with E-state index in [1.165, 1.54) is 5.56 Å². The first-order chi connectivity index (χ1) is 9.08. The molecule has 0 aliphatic rings. The van der Waals surface area contributed by atoms with Crippen molar-refractivity contribution in [3.63, 3.8) is 0 Å². The van der Waals surface area contributed by atoms with Crippen molar-refractivity contribution in [3.8, 4) is 0 Å². The number of hydrogen-bond acceptors (Lipinski definition) is 3. The van der Waals surface area contributed by atoms with Gasteiger partial charge in [0.1, 0.15) is 0 Å². The van der Waals surface area contributed by atoms with E-state index in [4.69, 9.17) is 0 Å². The van der Waals surface area contributed by atoms with Crippen LogP contribution >= 0.6 is 0 Å². The van der Waals surface area contributed by atoms with E-state index < -0.39 is 6.10 Å². The third-order valence-corrected chi connectivity index (χ3v) is 3.52. The maximum absolute atomic E-state index is 10.4. The molecule has 3 heteroatoms. The molecule has 1 rings (SSSR count). The van der Waals surface area contributed by atoms with Crippen molar-refractivity contribution in [1.29, 1.82) is 0 Å². The Hall–Kier alpha value is -0.900. The highest BCUT2D eigenvalue weighted by atomic mass is 16.3. The molecule has 3 nitrogen and oxygen atoms in total. The Labute approximate surface area is 117 Å². The van der Waals surface area contributed by atoms with Gasteiger partial charge in [-0.15, -0.1) is 0 Å². The van der Waals surface area contributed by atoms with Crippen molar-refractivity contribution < 1.29 is 5.11 Å². The zero-order valence-electron chi connectivity index (χ0n) is 12.7. The molecule has 2 atom stereocenters. The molecule has 2 N–H and O–H groups in total. The van der Waals surface area contributed by atoms with Gasteiger partial charge in [-0.2, -0.15) is 0 Å². The Morgan fingerprint density at radius 1 is 1.16 bits per heavy atom. The van der Waals surface area contributed by atoms with Gasteiger partial charge in [0.2, 0.25) is 0 Å². The molecule has 0 saturated carbocycles. The Morgan fingerprint density at radius 3 is 2.26 bits per heavy atom. The number of aliphatic hydroxyl groups excluding tert-OH is 1. The molecule has 1 aromatic rings. The minimum absolute atomic E-state index is 0.118. The minimum Gasteiger partial charge on any atom is -0.387 e. The van der Waals surface area contributed by atoms with Gasteiger partial charge in [-0.1, -0.05) is 38.1 Å². The third kappa shape index (κ3) is 5.31. The second-order valence-electron chi connectivity index (χ2n) is 5.31. The summed E-state index contributed by atoms with van der Waals surface area (Å²) in [4.78, 5) is 2.14. The van der Waals surface area contributed by atoms with E-state index in [2.05, 4.69) is 50.3 Å². The molecule has 0 aliphatic heterocycles. The molecule has 2 unspecified atom stereocenters. The van der Waals surface area contributed by atoms with E-state index in [0.29, 0.717) is 0 Å². The van der Waals surface area contributed by atoms with Crippen LogP contribution in [0.15, 0.2) is 24.3 Å². The van der Waals surface area contributed by atoms with E-state index in [1.54, 1.807) is 0 Å². The fraction of sp³-hybridized carbons (Fsp3) is 0.625. The van der Waals surface area contributed by atoms with E-state index in [1.807, 2.05) is 12.1 Å².